The number of imide groups is 1. The van der Waals surface area contributed by atoms with Crippen LogP contribution in [0.3, 0.4) is 0 Å². The summed E-state index contributed by atoms with van der Waals surface area (Å²) in [4.78, 5) is 37.5. The van der Waals surface area contributed by atoms with Gasteiger partial charge in [-0.15, -0.1) is 0 Å². The van der Waals surface area contributed by atoms with Crippen molar-refractivity contribution in [3.8, 4) is 0 Å². The van der Waals surface area contributed by atoms with Crippen molar-refractivity contribution in [3.05, 3.63) is 65.2 Å². The van der Waals surface area contributed by atoms with Gasteiger partial charge in [-0.1, -0.05) is 42.5 Å². The van der Waals surface area contributed by atoms with E-state index in [4.69, 9.17) is 0 Å². The molecular formula is C21H27N4O3+. The molecule has 2 aromatic rings. The summed E-state index contributed by atoms with van der Waals surface area (Å²) in [5.74, 6) is -0.678. The molecule has 0 radical (unpaired) electrons. The third kappa shape index (κ3) is 5.65. The highest BCUT2D eigenvalue weighted by Gasteiger charge is 2.31. The van der Waals surface area contributed by atoms with E-state index < -0.39 is 18.0 Å². The molecule has 1 unspecified atom stereocenters. The first-order chi connectivity index (χ1) is 13.3. The molecule has 0 spiro atoms. The van der Waals surface area contributed by atoms with Crippen LogP contribution >= 0.6 is 0 Å². The molecule has 0 aliphatic carbocycles. The maximum absolute atomic E-state index is 12.7. The van der Waals surface area contributed by atoms with Crippen molar-refractivity contribution in [3.63, 3.8) is 0 Å². The first kappa shape index (κ1) is 21.1. The van der Waals surface area contributed by atoms with Crippen LogP contribution in [-0.2, 0) is 9.59 Å². The number of amides is 4. The lowest BCUT2D eigenvalue weighted by atomic mass is 10.0. The maximum Gasteiger partial charge on any atom is 0.321 e. The molecule has 4 amide bonds. The number of aryl methyl sites for hydroxylation is 2. The second-order valence-corrected chi connectivity index (χ2v) is 6.80. The Balaban J connectivity index is 2.16. The SMILES string of the molecule is CNC(=O)NC(=O)[C@@H](c1ccccc1)[NH+](C)CC(=O)Nc1cc(C)ccc1C. The van der Waals surface area contributed by atoms with Crippen molar-refractivity contribution in [1.82, 2.24) is 10.6 Å². The Morgan fingerprint density at radius 2 is 1.71 bits per heavy atom. The highest BCUT2D eigenvalue weighted by Crippen LogP contribution is 2.16. The van der Waals surface area contributed by atoms with Crippen molar-refractivity contribution in [2.45, 2.75) is 19.9 Å². The third-order valence-corrected chi connectivity index (χ3v) is 4.46. The molecule has 7 heteroatoms. The molecule has 7 nitrogen and oxygen atoms in total. The van der Waals surface area contributed by atoms with E-state index in [9.17, 15) is 14.4 Å². The summed E-state index contributed by atoms with van der Waals surface area (Å²) < 4.78 is 0. The molecule has 2 rings (SSSR count). The van der Waals surface area contributed by atoms with Crippen LogP contribution in [0.5, 0.6) is 0 Å². The van der Waals surface area contributed by atoms with E-state index in [1.54, 1.807) is 19.2 Å². The summed E-state index contributed by atoms with van der Waals surface area (Å²) in [7, 11) is 3.19. The summed E-state index contributed by atoms with van der Waals surface area (Å²) in [6, 6.07) is 13.6. The number of urea groups is 1. The first-order valence-corrected chi connectivity index (χ1v) is 9.08. The van der Waals surface area contributed by atoms with Gasteiger partial charge in [0.25, 0.3) is 11.8 Å². The van der Waals surface area contributed by atoms with E-state index in [0.717, 1.165) is 22.4 Å². The molecule has 0 aromatic heterocycles. The average Bonchev–Trinajstić information content (AvgIpc) is 2.65. The fourth-order valence-electron chi connectivity index (χ4n) is 2.97. The molecule has 2 atom stereocenters. The standard InChI is InChI=1S/C21H26N4O3/c1-14-10-11-15(2)17(12-14)23-18(26)13-25(4)19(16-8-6-5-7-9-16)20(27)24-21(28)22-3/h5-12,19H,13H2,1-4H3,(H,23,26)(H2,22,24,27,28)/p+1/t19-/m1/s1. The fraction of sp³-hybridized carbons (Fsp3) is 0.286. The second kappa shape index (κ2) is 9.66. The van der Waals surface area contributed by atoms with Gasteiger partial charge in [-0.3, -0.25) is 14.9 Å². The molecular weight excluding hydrogens is 356 g/mol. The van der Waals surface area contributed by atoms with Gasteiger partial charge in [0, 0.05) is 18.3 Å². The lowest BCUT2D eigenvalue weighted by molar-refractivity contribution is -0.894. The third-order valence-electron chi connectivity index (χ3n) is 4.46. The highest BCUT2D eigenvalue weighted by atomic mass is 16.2. The predicted octanol–water partition coefficient (Wildman–Crippen LogP) is 0.954. The molecule has 0 fully saturated rings. The van der Waals surface area contributed by atoms with Crippen LogP contribution in [0.1, 0.15) is 22.7 Å². The lowest BCUT2D eigenvalue weighted by Gasteiger charge is -2.24. The Labute approximate surface area is 165 Å². The Morgan fingerprint density at radius 3 is 2.36 bits per heavy atom. The molecule has 0 heterocycles. The summed E-state index contributed by atoms with van der Waals surface area (Å²) in [5.41, 5.74) is 3.49. The average molecular weight is 383 g/mol. The minimum absolute atomic E-state index is 0.0636. The van der Waals surface area contributed by atoms with Gasteiger partial charge in [0.05, 0.1) is 7.05 Å². The van der Waals surface area contributed by atoms with E-state index in [1.165, 1.54) is 7.05 Å². The van der Waals surface area contributed by atoms with Crippen LogP contribution in [0, 0.1) is 13.8 Å². The van der Waals surface area contributed by atoms with E-state index in [1.807, 2.05) is 50.2 Å². The zero-order valence-electron chi connectivity index (χ0n) is 16.6. The molecule has 0 saturated carbocycles. The summed E-state index contributed by atoms with van der Waals surface area (Å²) in [6.07, 6.45) is 0. The van der Waals surface area contributed by atoms with Crippen LogP contribution in [0.25, 0.3) is 0 Å². The molecule has 0 saturated heterocycles. The van der Waals surface area contributed by atoms with Gasteiger partial charge in [0.15, 0.2) is 12.6 Å². The summed E-state index contributed by atoms with van der Waals surface area (Å²) in [6.45, 7) is 3.95. The minimum Gasteiger partial charge on any atom is -0.341 e. The van der Waals surface area contributed by atoms with Crippen molar-refractivity contribution in [2.75, 3.05) is 26.0 Å². The van der Waals surface area contributed by atoms with E-state index in [2.05, 4.69) is 16.0 Å². The quantitative estimate of drug-likeness (QED) is 0.599. The number of benzene rings is 2. The van der Waals surface area contributed by atoms with Crippen molar-refractivity contribution in [1.29, 1.82) is 0 Å². The second-order valence-electron chi connectivity index (χ2n) is 6.80. The molecule has 148 valence electrons. The van der Waals surface area contributed by atoms with Crippen LogP contribution in [-0.4, -0.2) is 38.5 Å². The number of hydrogen-bond acceptors (Lipinski definition) is 3. The number of carbonyl (C=O) groups is 3. The smallest absolute Gasteiger partial charge is 0.321 e. The number of likely N-dealkylation sites (N-methyl/N-ethyl adjacent to an activating group) is 1. The Bertz CT molecular complexity index is 852. The normalized spacial score (nSPS) is 12.6. The van der Waals surface area contributed by atoms with Crippen LogP contribution in [0.4, 0.5) is 10.5 Å². The van der Waals surface area contributed by atoms with Crippen LogP contribution in [0.2, 0.25) is 0 Å². The number of rotatable bonds is 6. The van der Waals surface area contributed by atoms with Gasteiger partial charge in [0.1, 0.15) is 0 Å². The Morgan fingerprint density at radius 1 is 1.04 bits per heavy atom. The zero-order chi connectivity index (χ0) is 20.7. The van der Waals surface area contributed by atoms with Gasteiger partial charge in [-0.05, 0) is 31.0 Å². The highest BCUT2D eigenvalue weighted by molar-refractivity contribution is 5.97. The summed E-state index contributed by atoms with van der Waals surface area (Å²) in [5, 5.41) is 7.58. The van der Waals surface area contributed by atoms with Gasteiger partial charge < -0.3 is 15.5 Å². The largest absolute Gasteiger partial charge is 0.341 e. The minimum atomic E-state index is -0.706. The number of carbonyl (C=O) groups excluding carboxylic acids is 3. The van der Waals surface area contributed by atoms with Gasteiger partial charge >= 0.3 is 6.03 Å². The Kier molecular flexibility index (Phi) is 7.28. The monoisotopic (exact) mass is 383 g/mol. The van der Waals surface area contributed by atoms with E-state index in [0.29, 0.717) is 4.90 Å². The number of anilines is 1. The lowest BCUT2D eigenvalue weighted by Crippen LogP contribution is -3.11. The number of quaternary nitrogens is 1. The Hall–Kier alpha value is -3.19. The topological polar surface area (TPSA) is 91.7 Å². The van der Waals surface area contributed by atoms with Gasteiger partial charge in [-0.25, -0.2) is 4.79 Å². The predicted molar refractivity (Wildman–Crippen MR) is 108 cm³/mol. The van der Waals surface area contributed by atoms with Crippen LogP contribution in [0.15, 0.2) is 48.5 Å². The van der Waals surface area contributed by atoms with Crippen molar-refractivity contribution >= 4 is 23.5 Å². The van der Waals surface area contributed by atoms with Crippen molar-refractivity contribution < 1.29 is 19.3 Å². The maximum atomic E-state index is 12.7. The molecule has 2 aromatic carbocycles. The molecule has 0 bridgehead atoms. The fourth-order valence-corrected chi connectivity index (χ4v) is 2.97. The molecule has 0 aliphatic rings. The summed E-state index contributed by atoms with van der Waals surface area (Å²) >= 11 is 0. The molecule has 4 N–H and O–H groups in total. The number of nitrogens with one attached hydrogen (secondary N) is 4. The van der Waals surface area contributed by atoms with E-state index in [-0.39, 0.29) is 12.5 Å². The number of hydrogen-bond donors (Lipinski definition) is 4. The molecule has 0 aliphatic heterocycles. The molecule has 28 heavy (non-hydrogen) atoms. The van der Waals surface area contributed by atoms with Crippen molar-refractivity contribution in [2.24, 2.45) is 0 Å². The van der Waals surface area contributed by atoms with Crippen LogP contribution < -0.4 is 20.9 Å². The van der Waals surface area contributed by atoms with E-state index >= 15 is 0 Å². The zero-order valence-corrected chi connectivity index (χ0v) is 16.6. The van der Waals surface area contributed by atoms with Gasteiger partial charge in [0.2, 0.25) is 0 Å². The first-order valence-electron chi connectivity index (χ1n) is 9.08. The van der Waals surface area contributed by atoms with Gasteiger partial charge in [-0.2, -0.15) is 0 Å².